The summed E-state index contributed by atoms with van der Waals surface area (Å²) in [6, 6.07) is 10.6. The van der Waals surface area contributed by atoms with Crippen LogP contribution in [0.25, 0.3) is 0 Å². The molecule has 0 saturated carbocycles. The van der Waals surface area contributed by atoms with Gasteiger partial charge in [-0.3, -0.25) is 0 Å². The maximum absolute atomic E-state index is 3.74. The summed E-state index contributed by atoms with van der Waals surface area (Å²) in [6.07, 6.45) is 10.3. The van der Waals surface area contributed by atoms with Crippen molar-refractivity contribution in [1.29, 1.82) is 0 Å². The molecular formula is C18H22S3. The molecule has 0 nitrogen and oxygen atoms in total. The first-order valence-electron chi connectivity index (χ1n) is 6.86. The number of benzene rings is 1. The van der Waals surface area contributed by atoms with Gasteiger partial charge < -0.3 is 0 Å². The maximum Gasteiger partial charge on any atom is 0.0291 e. The topological polar surface area (TPSA) is 0 Å². The number of allylic oxidation sites excluding steroid dienone is 4. The molecule has 1 aromatic rings. The number of hydrogen-bond acceptors (Lipinski definition) is 3. The van der Waals surface area contributed by atoms with Gasteiger partial charge in [-0.1, -0.05) is 88.9 Å². The van der Waals surface area contributed by atoms with E-state index >= 15 is 0 Å². The van der Waals surface area contributed by atoms with Gasteiger partial charge in [0.15, 0.2) is 0 Å². The first kappa shape index (κ1) is 18.3. The predicted octanol–water partition coefficient (Wildman–Crippen LogP) is 6.50. The van der Waals surface area contributed by atoms with Crippen LogP contribution in [0.1, 0.15) is 12.5 Å². The van der Waals surface area contributed by atoms with Crippen LogP contribution in [0.4, 0.5) is 0 Å². The molecule has 3 heteroatoms. The smallest absolute Gasteiger partial charge is 0.0291 e. The zero-order valence-electron chi connectivity index (χ0n) is 12.4. The highest BCUT2D eigenvalue weighted by atomic mass is 33.1. The fraction of sp³-hybridized carbons (Fsp3) is 0.222. The Morgan fingerprint density at radius 3 is 2.76 bits per heavy atom. The van der Waals surface area contributed by atoms with E-state index in [9.17, 15) is 0 Å². The minimum Gasteiger partial charge on any atom is -0.153 e. The van der Waals surface area contributed by atoms with Gasteiger partial charge in [0.1, 0.15) is 0 Å². The molecule has 1 aromatic carbocycles. The van der Waals surface area contributed by atoms with E-state index in [2.05, 4.69) is 66.6 Å². The van der Waals surface area contributed by atoms with Crippen molar-refractivity contribution in [2.75, 3.05) is 11.5 Å². The zero-order valence-corrected chi connectivity index (χ0v) is 14.9. The molecule has 0 radical (unpaired) electrons. The van der Waals surface area contributed by atoms with E-state index in [4.69, 9.17) is 0 Å². The highest BCUT2D eigenvalue weighted by molar-refractivity contribution is 8.77. The SMILES string of the molecule is C=C/C=C(\C=C/C)CSS/C=C/CSCc1ccccc1. The van der Waals surface area contributed by atoms with Crippen LogP contribution in [-0.4, -0.2) is 11.5 Å². The second-order valence-corrected chi connectivity index (χ2v) is 7.51. The van der Waals surface area contributed by atoms with Crippen molar-refractivity contribution >= 4 is 33.3 Å². The molecule has 112 valence electrons. The van der Waals surface area contributed by atoms with E-state index in [1.807, 2.05) is 35.6 Å². The second kappa shape index (κ2) is 12.9. The van der Waals surface area contributed by atoms with Crippen molar-refractivity contribution in [2.24, 2.45) is 0 Å². The van der Waals surface area contributed by atoms with Crippen LogP contribution < -0.4 is 0 Å². The van der Waals surface area contributed by atoms with Gasteiger partial charge in [0.25, 0.3) is 0 Å². The van der Waals surface area contributed by atoms with E-state index in [1.54, 1.807) is 10.8 Å². The van der Waals surface area contributed by atoms with E-state index < -0.39 is 0 Å². The second-order valence-electron chi connectivity index (χ2n) is 4.21. The monoisotopic (exact) mass is 334 g/mol. The Morgan fingerprint density at radius 1 is 1.24 bits per heavy atom. The average molecular weight is 335 g/mol. The maximum atomic E-state index is 3.74. The van der Waals surface area contributed by atoms with E-state index in [0.29, 0.717) is 0 Å². The predicted molar refractivity (Wildman–Crippen MR) is 105 cm³/mol. The van der Waals surface area contributed by atoms with Crippen molar-refractivity contribution in [1.82, 2.24) is 0 Å². The minimum absolute atomic E-state index is 1.00. The van der Waals surface area contributed by atoms with Gasteiger partial charge in [-0.15, -0.1) is 0 Å². The fourth-order valence-corrected chi connectivity index (χ4v) is 4.19. The molecule has 0 atom stereocenters. The molecule has 0 spiro atoms. The van der Waals surface area contributed by atoms with E-state index in [0.717, 1.165) is 17.3 Å². The summed E-state index contributed by atoms with van der Waals surface area (Å²) in [5.41, 5.74) is 2.69. The molecule has 0 N–H and O–H groups in total. The molecule has 0 unspecified atom stereocenters. The van der Waals surface area contributed by atoms with Crippen molar-refractivity contribution in [3.8, 4) is 0 Å². The Balaban J connectivity index is 2.10. The van der Waals surface area contributed by atoms with Gasteiger partial charge in [0, 0.05) is 17.3 Å². The van der Waals surface area contributed by atoms with Gasteiger partial charge in [-0.2, -0.15) is 11.8 Å². The normalized spacial score (nSPS) is 12.3. The summed E-state index contributed by atoms with van der Waals surface area (Å²) in [5, 5.41) is 2.18. The molecular weight excluding hydrogens is 312 g/mol. The molecule has 0 saturated heterocycles. The van der Waals surface area contributed by atoms with Crippen molar-refractivity contribution in [3.05, 3.63) is 83.8 Å². The summed E-state index contributed by atoms with van der Waals surface area (Å²) in [5.74, 6) is 3.14. The number of thioether (sulfide) groups is 1. The average Bonchev–Trinajstić information content (AvgIpc) is 2.51. The van der Waals surface area contributed by atoms with Crippen LogP contribution in [0.3, 0.4) is 0 Å². The van der Waals surface area contributed by atoms with Gasteiger partial charge >= 0.3 is 0 Å². The third-order valence-electron chi connectivity index (χ3n) is 2.48. The summed E-state index contributed by atoms with van der Waals surface area (Å²) in [6.45, 7) is 5.78. The lowest BCUT2D eigenvalue weighted by atomic mass is 10.2. The third kappa shape index (κ3) is 9.72. The van der Waals surface area contributed by atoms with E-state index in [-0.39, 0.29) is 0 Å². The Bertz CT molecular complexity index is 472. The van der Waals surface area contributed by atoms with Crippen LogP contribution in [0, 0.1) is 0 Å². The third-order valence-corrected chi connectivity index (χ3v) is 5.44. The Hall–Kier alpha value is -0.770. The van der Waals surface area contributed by atoms with Crippen LogP contribution in [-0.2, 0) is 5.75 Å². The Kier molecular flexibility index (Phi) is 11.3. The number of hydrogen-bond donors (Lipinski definition) is 0. The first-order valence-corrected chi connectivity index (χ1v) is 10.4. The lowest BCUT2D eigenvalue weighted by Gasteiger charge is -1.99. The highest BCUT2D eigenvalue weighted by Crippen LogP contribution is 2.25. The molecule has 0 aliphatic carbocycles. The summed E-state index contributed by atoms with van der Waals surface area (Å²) in [7, 11) is 3.64. The van der Waals surface area contributed by atoms with Crippen molar-refractivity contribution in [2.45, 2.75) is 12.7 Å². The van der Waals surface area contributed by atoms with Gasteiger partial charge in [-0.25, -0.2) is 0 Å². The Morgan fingerprint density at radius 2 is 2.05 bits per heavy atom. The van der Waals surface area contributed by atoms with Crippen molar-refractivity contribution in [3.63, 3.8) is 0 Å². The first-order chi connectivity index (χ1) is 10.4. The lowest BCUT2D eigenvalue weighted by molar-refractivity contribution is 1.41. The van der Waals surface area contributed by atoms with Crippen LogP contribution in [0.15, 0.2) is 78.3 Å². The standard InChI is InChI=1S/C18H22S3/c1-3-9-17(10-4-2)16-21-20-14-8-13-19-15-18-11-6-5-7-12-18/h3-12,14H,1,13,15-16H2,2H3/b10-4-,14-8+,17-9+. The Labute approximate surface area is 141 Å². The molecule has 1 rings (SSSR count). The molecule has 0 aliphatic rings. The van der Waals surface area contributed by atoms with Gasteiger partial charge in [-0.05, 0) is 23.5 Å². The quantitative estimate of drug-likeness (QED) is 0.272. The minimum atomic E-state index is 1.00. The molecule has 0 aliphatic heterocycles. The zero-order chi connectivity index (χ0) is 15.2. The van der Waals surface area contributed by atoms with Crippen LogP contribution in [0.5, 0.6) is 0 Å². The fourth-order valence-electron chi connectivity index (χ4n) is 1.56. The molecule has 0 heterocycles. The number of rotatable bonds is 10. The van der Waals surface area contributed by atoms with Crippen molar-refractivity contribution < 1.29 is 0 Å². The van der Waals surface area contributed by atoms with Crippen LogP contribution in [0.2, 0.25) is 0 Å². The van der Waals surface area contributed by atoms with E-state index in [1.165, 1.54) is 11.1 Å². The summed E-state index contributed by atoms with van der Waals surface area (Å²) >= 11 is 1.94. The van der Waals surface area contributed by atoms with Gasteiger partial charge in [0.05, 0.1) is 0 Å². The molecule has 21 heavy (non-hydrogen) atoms. The molecule has 0 bridgehead atoms. The lowest BCUT2D eigenvalue weighted by Crippen LogP contribution is -1.80. The molecule has 0 amide bonds. The highest BCUT2D eigenvalue weighted by Gasteiger charge is 1.92. The summed E-state index contributed by atoms with van der Waals surface area (Å²) < 4.78 is 0. The van der Waals surface area contributed by atoms with Crippen LogP contribution >= 0.6 is 33.3 Å². The molecule has 0 fully saturated rings. The van der Waals surface area contributed by atoms with Gasteiger partial charge in [0.2, 0.25) is 0 Å². The summed E-state index contributed by atoms with van der Waals surface area (Å²) in [4.78, 5) is 0. The molecule has 0 aromatic heterocycles. The largest absolute Gasteiger partial charge is 0.153 e.